The average molecular weight is 210 g/mol. The van der Waals surface area contributed by atoms with Crippen molar-refractivity contribution in [2.75, 3.05) is 11.9 Å². The van der Waals surface area contributed by atoms with Gasteiger partial charge in [0.2, 0.25) is 0 Å². The third-order valence-corrected chi connectivity index (χ3v) is 2.03. The largest absolute Gasteiger partial charge is 0.477 e. The molecule has 0 aliphatic carbocycles. The molecule has 1 rings (SSSR count). The summed E-state index contributed by atoms with van der Waals surface area (Å²) in [6.45, 7) is 1.92. The van der Waals surface area contributed by atoms with E-state index in [-0.39, 0.29) is 18.3 Å². The van der Waals surface area contributed by atoms with E-state index in [1.807, 2.05) is 6.92 Å². The maximum atomic E-state index is 10.6. The minimum absolute atomic E-state index is 0.00449. The summed E-state index contributed by atoms with van der Waals surface area (Å²) in [5, 5.41) is 20.6. The van der Waals surface area contributed by atoms with Crippen LogP contribution in [0.25, 0.3) is 0 Å². The maximum Gasteiger partial charge on any atom is 0.354 e. The lowest BCUT2D eigenvalue weighted by Crippen LogP contribution is -2.23. The Hall–Kier alpha value is -1.62. The van der Waals surface area contributed by atoms with Gasteiger partial charge >= 0.3 is 5.97 Å². The minimum Gasteiger partial charge on any atom is -0.477 e. The molecule has 0 saturated carbocycles. The number of aromatic nitrogens is 1. The number of aliphatic hydroxyl groups is 1. The highest BCUT2D eigenvalue weighted by molar-refractivity contribution is 5.85. The van der Waals surface area contributed by atoms with Crippen LogP contribution in [0.1, 0.15) is 23.8 Å². The Labute approximate surface area is 87.8 Å². The Morgan fingerprint density at radius 1 is 1.60 bits per heavy atom. The number of carboxylic acids is 1. The van der Waals surface area contributed by atoms with Crippen LogP contribution >= 0.6 is 0 Å². The first-order valence-corrected chi connectivity index (χ1v) is 4.75. The van der Waals surface area contributed by atoms with Gasteiger partial charge in [0.1, 0.15) is 5.82 Å². The summed E-state index contributed by atoms with van der Waals surface area (Å²) < 4.78 is 0. The lowest BCUT2D eigenvalue weighted by atomic mass is 10.2. The minimum atomic E-state index is -1.06. The number of nitrogens with zero attached hydrogens (tertiary/aromatic N) is 1. The molecule has 15 heavy (non-hydrogen) atoms. The van der Waals surface area contributed by atoms with Gasteiger partial charge in [0.15, 0.2) is 5.69 Å². The van der Waals surface area contributed by atoms with Crippen molar-refractivity contribution in [3.63, 3.8) is 0 Å². The van der Waals surface area contributed by atoms with E-state index >= 15 is 0 Å². The molecule has 1 aromatic rings. The first-order chi connectivity index (χ1) is 7.17. The second-order valence-corrected chi connectivity index (χ2v) is 3.15. The summed E-state index contributed by atoms with van der Waals surface area (Å²) in [6, 6.07) is 4.61. The van der Waals surface area contributed by atoms with E-state index in [1.165, 1.54) is 6.07 Å². The number of nitrogens with one attached hydrogen (secondary N) is 1. The Morgan fingerprint density at radius 2 is 2.33 bits per heavy atom. The predicted molar refractivity (Wildman–Crippen MR) is 56.0 cm³/mol. The molecule has 0 saturated heterocycles. The number of aromatic carboxylic acids is 1. The molecule has 3 N–H and O–H groups in total. The molecule has 0 unspecified atom stereocenters. The molecule has 0 fully saturated rings. The van der Waals surface area contributed by atoms with Gasteiger partial charge in [-0.2, -0.15) is 0 Å². The number of carbonyl (C=O) groups is 1. The molecule has 0 bridgehead atoms. The van der Waals surface area contributed by atoms with Crippen molar-refractivity contribution in [3.8, 4) is 0 Å². The van der Waals surface area contributed by atoms with Crippen molar-refractivity contribution in [3.05, 3.63) is 23.9 Å². The number of aliphatic hydroxyl groups excluding tert-OH is 1. The second-order valence-electron chi connectivity index (χ2n) is 3.15. The number of hydrogen-bond donors (Lipinski definition) is 3. The molecule has 0 spiro atoms. The van der Waals surface area contributed by atoms with E-state index in [1.54, 1.807) is 12.1 Å². The van der Waals surface area contributed by atoms with E-state index in [0.29, 0.717) is 5.82 Å². The standard InChI is InChI=1S/C10H14N2O3/c1-2-7(6-13)11-9-5-3-4-8(12-9)10(14)15/h3-5,7,13H,2,6H2,1H3,(H,11,12)(H,14,15)/t7-/m0/s1. The Bertz CT molecular complexity index is 337. The van der Waals surface area contributed by atoms with Gasteiger partial charge in [-0.05, 0) is 18.6 Å². The van der Waals surface area contributed by atoms with Crippen LogP contribution < -0.4 is 5.32 Å². The van der Waals surface area contributed by atoms with Crippen molar-refractivity contribution in [2.24, 2.45) is 0 Å². The number of pyridine rings is 1. The van der Waals surface area contributed by atoms with Gasteiger partial charge in [-0.3, -0.25) is 0 Å². The van der Waals surface area contributed by atoms with E-state index in [0.717, 1.165) is 6.42 Å². The first kappa shape index (κ1) is 11.5. The Balaban J connectivity index is 2.77. The highest BCUT2D eigenvalue weighted by Gasteiger charge is 2.08. The SMILES string of the molecule is CC[C@@H](CO)Nc1cccc(C(=O)O)n1. The number of rotatable bonds is 5. The summed E-state index contributed by atoms with van der Waals surface area (Å²) in [7, 11) is 0. The van der Waals surface area contributed by atoms with Crippen molar-refractivity contribution in [1.82, 2.24) is 4.98 Å². The number of hydrogen-bond acceptors (Lipinski definition) is 4. The third-order valence-electron chi connectivity index (χ3n) is 2.03. The topological polar surface area (TPSA) is 82.5 Å². The van der Waals surface area contributed by atoms with Gasteiger partial charge in [-0.1, -0.05) is 13.0 Å². The Morgan fingerprint density at radius 3 is 2.87 bits per heavy atom. The molecular weight excluding hydrogens is 196 g/mol. The summed E-state index contributed by atoms with van der Waals surface area (Å²) in [5.74, 6) is -0.591. The third kappa shape index (κ3) is 3.21. The normalized spacial score (nSPS) is 12.1. The second kappa shape index (κ2) is 5.31. The van der Waals surface area contributed by atoms with Crippen LogP contribution in [0.15, 0.2) is 18.2 Å². The molecule has 0 aliphatic heterocycles. The van der Waals surface area contributed by atoms with Crippen LogP contribution in [0.5, 0.6) is 0 Å². The summed E-state index contributed by atoms with van der Waals surface area (Å²) in [5.41, 5.74) is -0.00667. The first-order valence-electron chi connectivity index (χ1n) is 4.75. The molecule has 1 aromatic heterocycles. The smallest absolute Gasteiger partial charge is 0.354 e. The van der Waals surface area contributed by atoms with Gasteiger partial charge in [0.25, 0.3) is 0 Å². The molecule has 0 aromatic carbocycles. The predicted octanol–water partition coefficient (Wildman–Crippen LogP) is 0.963. The van der Waals surface area contributed by atoms with Gasteiger partial charge < -0.3 is 15.5 Å². The van der Waals surface area contributed by atoms with Crippen LogP contribution in [0.4, 0.5) is 5.82 Å². The molecule has 82 valence electrons. The average Bonchev–Trinajstić information content (AvgIpc) is 2.26. The maximum absolute atomic E-state index is 10.6. The van der Waals surface area contributed by atoms with E-state index < -0.39 is 5.97 Å². The highest BCUT2D eigenvalue weighted by Crippen LogP contribution is 2.07. The van der Waals surface area contributed by atoms with Crippen LogP contribution in [-0.4, -0.2) is 33.8 Å². The van der Waals surface area contributed by atoms with Crippen molar-refractivity contribution >= 4 is 11.8 Å². The molecule has 0 amide bonds. The zero-order valence-corrected chi connectivity index (χ0v) is 8.47. The summed E-state index contributed by atoms with van der Waals surface area (Å²) in [4.78, 5) is 14.5. The van der Waals surface area contributed by atoms with Crippen LogP contribution in [0.2, 0.25) is 0 Å². The lowest BCUT2D eigenvalue weighted by molar-refractivity contribution is 0.0690. The molecule has 5 nitrogen and oxygen atoms in total. The Kier molecular flexibility index (Phi) is 4.05. The summed E-state index contributed by atoms with van der Waals surface area (Å²) in [6.07, 6.45) is 0.746. The van der Waals surface area contributed by atoms with Gasteiger partial charge in [0.05, 0.1) is 12.6 Å². The molecular formula is C10H14N2O3. The van der Waals surface area contributed by atoms with Crippen LogP contribution in [-0.2, 0) is 0 Å². The molecule has 1 atom stereocenters. The van der Waals surface area contributed by atoms with Crippen LogP contribution in [0, 0.1) is 0 Å². The molecule has 0 radical (unpaired) electrons. The fraction of sp³-hybridized carbons (Fsp3) is 0.400. The van der Waals surface area contributed by atoms with Gasteiger partial charge in [-0.15, -0.1) is 0 Å². The number of carboxylic acid groups (broad SMARTS) is 1. The fourth-order valence-corrected chi connectivity index (χ4v) is 1.12. The molecule has 5 heteroatoms. The highest BCUT2D eigenvalue weighted by atomic mass is 16.4. The van der Waals surface area contributed by atoms with Crippen molar-refractivity contribution in [1.29, 1.82) is 0 Å². The zero-order chi connectivity index (χ0) is 11.3. The van der Waals surface area contributed by atoms with Crippen molar-refractivity contribution in [2.45, 2.75) is 19.4 Å². The van der Waals surface area contributed by atoms with E-state index in [2.05, 4.69) is 10.3 Å². The molecule has 1 heterocycles. The van der Waals surface area contributed by atoms with Gasteiger partial charge in [0, 0.05) is 0 Å². The van der Waals surface area contributed by atoms with Crippen molar-refractivity contribution < 1.29 is 15.0 Å². The molecule has 0 aliphatic rings. The summed E-state index contributed by atoms with van der Waals surface area (Å²) >= 11 is 0. The quantitative estimate of drug-likeness (QED) is 0.674. The van der Waals surface area contributed by atoms with E-state index in [9.17, 15) is 4.79 Å². The number of anilines is 1. The zero-order valence-electron chi connectivity index (χ0n) is 8.47. The van der Waals surface area contributed by atoms with Crippen LogP contribution in [0.3, 0.4) is 0 Å². The monoisotopic (exact) mass is 210 g/mol. The van der Waals surface area contributed by atoms with Gasteiger partial charge in [-0.25, -0.2) is 9.78 Å². The lowest BCUT2D eigenvalue weighted by Gasteiger charge is -2.14. The fourth-order valence-electron chi connectivity index (χ4n) is 1.12. The van der Waals surface area contributed by atoms with E-state index in [4.69, 9.17) is 10.2 Å².